The molecule has 4 nitrogen and oxygen atoms in total. The molecule has 1 aromatic carbocycles. The molecule has 0 spiro atoms. The maximum Gasteiger partial charge on any atom is 0.230 e. The monoisotopic (exact) mass is 408 g/mol. The number of carbonyl (C=O) groups is 1. The van der Waals surface area contributed by atoms with Crippen molar-refractivity contribution in [3.05, 3.63) is 34.1 Å². The van der Waals surface area contributed by atoms with E-state index in [0.29, 0.717) is 44.7 Å². The summed E-state index contributed by atoms with van der Waals surface area (Å²) in [5, 5.41) is 0. The standard InChI is InChI=1S/C16H22BrFN2O2.ClH/c1-2-20(10-12-9-13(17)3-4-14(12)18)15(21)16(11-19)5-7-22-8-6-16;/h3-4,9H,2,5-8,10-11,19H2,1H3;1H. The highest BCUT2D eigenvalue weighted by Gasteiger charge is 2.41. The first kappa shape index (κ1) is 20.4. The molecular formula is C16H23BrClFN2O2. The van der Waals surface area contributed by atoms with Crippen LogP contribution in [0.4, 0.5) is 4.39 Å². The van der Waals surface area contributed by atoms with Crippen LogP contribution in [0, 0.1) is 11.2 Å². The third-order valence-electron chi connectivity index (χ3n) is 4.33. The molecule has 2 N–H and O–H groups in total. The highest BCUT2D eigenvalue weighted by Crippen LogP contribution is 2.32. The number of hydrogen-bond donors (Lipinski definition) is 1. The number of halogens is 3. The number of rotatable bonds is 5. The van der Waals surface area contributed by atoms with Crippen molar-refractivity contribution in [2.45, 2.75) is 26.3 Å². The van der Waals surface area contributed by atoms with E-state index in [1.165, 1.54) is 6.07 Å². The molecule has 7 heteroatoms. The molecule has 1 heterocycles. The van der Waals surface area contributed by atoms with Gasteiger partial charge in [-0.1, -0.05) is 15.9 Å². The van der Waals surface area contributed by atoms with Gasteiger partial charge in [-0.05, 0) is 38.0 Å². The van der Waals surface area contributed by atoms with E-state index in [1.807, 2.05) is 6.92 Å². The quantitative estimate of drug-likeness (QED) is 0.813. The van der Waals surface area contributed by atoms with Crippen molar-refractivity contribution in [1.29, 1.82) is 0 Å². The van der Waals surface area contributed by atoms with Gasteiger partial charge in [-0.2, -0.15) is 0 Å². The first-order chi connectivity index (χ1) is 10.5. The van der Waals surface area contributed by atoms with Crippen LogP contribution < -0.4 is 5.73 Å². The summed E-state index contributed by atoms with van der Waals surface area (Å²) in [4.78, 5) is 14.6. The van der Waals surface area contributed by atoms with Gasteiger partial charge in [0.2, 0.25) is 5.91 Å². The summed E-state index contributed by atoms with van der Waals surface area (Å²) in [5.74, 6) is -0.302. The molecule has 1 aromatic rings. The Labute approximate surface area is 151 Å². The average Bonchev–Trinajstić information content (AvgIpc) is 2.55. The molecule has 1 amide bonds. The van der Waals surface area contributed by atoms with Gasteiger partial charge in [-0.25, -0.2) is 4.39 Å². The molecule has 2 rings (SSSR count). The van der Waals surface area contributed by atoms with Gasteiger partial charge in [0.15, 0.2) is 0 Å². The minimum Gasteiger partial charge on any atom is -0.381 e. The van der Waals surface area contributed by atoms with Crippen molar-refractivity contribution in [3.63, 3.8) is 0 Å². The molecule has 1 saturated heterocycles. The fraction of sp³-hybridized carbons (Fsp3) is 0.562. The minimum absolute atomic E-state index is 0. The lowest BCUT2D eigenvalue weighted by Crippen LogP contribution is -2.50. The van der Waals surface area contributed by atoms with Crippen LogP contribution in [-0.2, 0) is 16.1 Å². The number of amides is 1. The van der Waals surface area contributed by atoms with Crippen LogP contribution in [0.15, 0.2) is 22.7 Å². The van der Waals surface area contributed by atoms with Crippen LogP contribution in [0.1, 0.15) is 25.3 Å². The third-order valence-corrected chi connectivity index (χ3v) is 4.83. The van der Waals surface area contributed by atoms with Crippen molar-refractivity contribution in [2.75, 3.05) is 26.3 Å². The highest BCUT2D eigenvalue weighted by atomic mass is 79.9. The lowest BCUT2D eigenvalue weighted by molar-refractivity contribution is -0.147. The van der Waals surface area contributed by atoms with E-state index >= 15 is 0 Å². The molecule has 0 aromatic heterocycles. The molecular weight excluding hydrogens is 387 g/mol. The maximum atomic E-state index is 13.9. The van der Waals surface area contributed by atoms with E-state index in [2.05, 4.69) is 15.9 Å². The molecule has 0 unspecified atom stereocenters. The molecule has 1 aliphatic heterocycles. The first-order valence-electron chi connectivity index (χ1n) is 7.53. The Morgan fingerprint density at radius 2 is 2.09 bits per heavy atom. The van der Waals surface area contributed by atoms with E-state index in [1.54, 1.807) is 17.0 Å². The normalized spacial score (nSPS) is 16.5. The van der Waals surface area contributed by atoms with Gasteiger partial charge in [0.25, 0.3) is 0 Å². The van der Waals surface area contributed by atoms with Crippen molar-refractivity contribution in [1.82, 2.24) is 4.90 Å². The zero-order valence-electron chi connectivity index (χ0n) is 13.2. The topological polar surface area (TPSA) is 55.6 Å². The van der Waals surface area contributed by atoms with Crippen molar-refractivity contribution in [3.8, 4) is 0 Å². The van der Waals surface area contributed by atoms with Gasteiger partial charge in [0.1, 0.15) is 5.82 Å². The molecule has 0 saturated carbocycles. The van der Waals surface area contributed by atoms with Crippen molar-refractivity contribution >= 4 is 34.2 Å². The molecule has 0 atom stereocenters. The SMILES string of the molecule is CCN(Cc1cc(Br)ccc1F)C(=O)C1(CN)CCOCC1.Cl. The molecule has 23 heavy (non-hydrogen) atoms. The van der Waals surface area contributed by atoms with Crippen LogP contribution in [0.2, 0.25) is 0 Å². The Kier molecular flexibility index (Phi) is 7.94. The first-order valence-corrected chi connectivity index (χ1v) is 8.33. The van der Waals surface area contributed by atoms with E-state index in [4.69, 9.17) is 10.5 Å². The summed E-state index contributed by atoms with van der Waals surface area (Å²) in [6.07, 6.45) is 1.25. The molecule has 0 bridgehead atoms. The third kappa shape index (κ3) is 4.66. The van der Waals surface area contributed by atoms with Crippen LogP contribution in [0.3, 0.4) is 0 Å². The average molecular weight is 410 g/mol. The fourth-order valence-electron chi connectivity index (χ4n) is 2.80. The Balaban J connectivity index is 0.00000264. The van der Waals surface area contributed by atoms with Gasteiger partial charge in [0, 0.05) is 42.9 Å². The van der Waals surface area contributed by atoms with Gasteiger partial charge >= 0.3 is 0 Å². The van der Waals surface area contributed by atoms with Crippen LogP contribution in [0.5, 0.6) is 0 Å². The van der Waals surface area contributed by atoms with Gasteiger partial charge in [0.05, 0.1) is 5.41 Å². The number of benzene rings is 1. The lowest BCUT2D eigenvalue weighted by atomic mass is 9.78. The number of carbonyl (C=O) groups excluding carboxylic acids is 1. The minimum atomic E-state index is -0.573. The van der Waals surface area contributed by atoms with Gasteiger partial charge < -0.3 is 15.4 Å². The zero-order valence-corrected chi connectivity index (χ0v) is 15.6. The van der Waals surface area contributed by atoms with E-state index in [-0.39, 0.29) is 30.7 Å². The van der Waals surface area contributed by atoms with Crippen LogP contribution >= 0.6 is 28.3 Å². The maximum absolute atomic E-state index is 13.9. The predicted molar refractivity (Wildman–Crippen MR) is 94.0 cm³/mol. The summed E-state index contributed by atoms with van der Waals surface area (Å²) in [6.45, 7) is 4.07. The highest BCUT2D eigenvalue weighted by molar-refractivity contribution is 9.10. The zero-order chi connectivity index (χ0) is 16.2. The van der Waals surface area contributed by atoms with E-state index in [9.17, 15) is 9.18 Å². The van der Waals surface area contributed by atoms with Crippen molar-refractivity contribution in [2.24, 2.45) is 11.1 Å². The summed E-state index contributed by atoms with van der Waals surface area (Å²) < 4.78 is 20.1. The number of hydrogen-bond acceptors (Lipinski definition) is 3. The van der Waals surface area contributed by atoms with Gasteiger partial charge in [-0.15, -0.1) is 12.4 Å². The summed E-state index contributed by atoms with van der Waals surface area (Å²) >= 11 is 3.34. The molecule has 0 radical (unpaired) electrons. The Morgan fingerprint density at radius 3 is 2.65 bits per heavy atom. The van der Waals surface area contributed by atoms with E-state index in [0.717, 1.165) is 4.47 Å². The number of ether oxygens (including phenoxy) is 1. The number of nitrogens with zero attached hydrogens (tertiary/aromatic N) is 1. The largest absolute Gasteiger partial charge is 0.381 e. The van der Waals surface area contributed by atoms with E-state index < -0.39 is 5.41 Å². The van der Waals surface area contributed by atoms with Crippen molar-refractivity contribution < 1.29 is 13.9 Å². The second-order valence-corrected chi connectivity index (χ2v) is 6.57. The fourth-order valence-corrected chi connectivity index (χ4v) is 3.21. The van der Waals surface area contributed by atoms with Crippen LogP contribution in [-0.4, -0.2) is 37.1 Å². The Hall–Kier alpha value is -0.690. The summed E-state index contributed by atoms with van der Waals surface area (Å²) in [7, 11) is 0. The second kappa shape index (κ2) is 8.97. The molecule has 1 aliphatic rings. The molecule has 1 fully saturated rings. The smallest absolute Gasteiger partial charge is 0.230 e. The molecule has 130 valence electrons. The second-order valence-electron chi connectivity index (χ2n) is 5.65. The predicted octanol–water partition coefficient (Wildman–Crippen LogP) is 3.11. The molecule has 0 aliphatic carbocycles. The lowest BCUT2D eigenvalue weighted by Gasteiger charge is -2.38. The Bertz CT molecular complexity index is 539. The summed E-state index contributed by atoms with van der Waals surface area (Å²) in [6, 6.07) is 4.77. The van der Waals surface area contributed by atoms with Gasteiger partial charge in [-0.3, -0.25) is 4.79 Å². The Morgan fingerprint density at radius 1 is 1.43 bits per heavy atom. The summed E-state index contributed by atoms with van der Waals surface area (Å²) in [5.41, 5.74) is 5.83. The number of nitrogens with two attached hydrogens (primary N) is 1. The van der Waals surface area contributed by atoms with Crippen LogP contribution in [0.25, 0.3) is 0 Å².